The summed E-state index contributed by atoms with van der Waals surface area (Å²) in [5, 5.41) is 11.0. The fraction of sp³-hybridized carbons (Fsp3) is 0.364. The average Bonchev–Trinajstić information content (AvgIpc) is 3.30. The highest BCUT2D eigenvalue weighted by atomic mass is 35.5. The molecule has 4 aromatic rings. The number of ether oxygens (including phenoxy) is 1. The van der Waals surface area contributed by atoms with E-state index in [9.17, 15) is 4.79 Å². The number of hydrogen-bond donors (Lipinski definition) is 1. The summed E-state index contributed by atoms with van der Waals surface area (Å²) in [4.78, 5) is 22.1. The molecule has 0 saturated heterocycles. The molecule has 1 aromatic carbocycles. The van der Waals surface area contributed by atoms with Gasteiger partial charge < -0.3 is 14.3 Å². The molecular weight excluding hydrogens is 466 g/mol. The van der Waals surface area contributed by atoms with Gasteiger partial charge in [0.25, 0.3) is 5.56 Å². The molecule has 10 heteroatoms. The minimum Gasteiger partial charge on any atom is -0.382 e. The normalized spacial score (nSPS) is 11.5. The van der Waals surface area contributed by atoms with E-state index in [1.54, 1.807) is 11.3 Å². The van der Waals surface area contributed by atoms with E-state index in [4.69, 9.17) is 16.3 Å². The van der Waals surface area contributed by atoms with Crippen LogP contribution in [0.1, 0.15) is 29.6 Å². The summed E-state index contributed by atoms with van der Waals surface area (Å²) in [5.74, 6) is 1.90. The van der Waals surface area contributed by atoms with Gasteiger partial charge in [0.1, 0.15) is 10.7 Å². The van der Waals surface area contributed by atoms with Gasteiger partial charge in [-0.1, -0.05) is 23.4 Å². The van der Waals surface area contributed by atoms with Crippen LogP contribution in [0.25, 0.3) is 21.6 Å². The highest BCUT2D eigenvalue weighted by Gasteiger charge is 2.16. The van der Waals surface area contributed by atoms with Crippen LogP contribution in [-0.4, -0.2) is 37.9 Å². The number of halogens is 1. The van der Waals surface area contributed by atoms with Crippen LogP contribution in [0.2, 0.25) is 5.02 Å². The van der Waals surface area contributed by atoms with Crippen LogP contribution in [0.15, 0.2) is 34.2 Å². The van der Waals surface area contributed by atoms with Crippen molar-refractivity contribution in [3.63, 3.8) is 0 Å². The van der Waals surface area contributed by atoms with Gasteiger partial charge in [-0.05, 0) is 57.0 Å². The third-order valence-corrected chi connectivity index (χ3v) is 7.45. The number of nitrogens with one attached hydrogen (secondary N) is 1. The Kier molecular flexibility index (Phi) is 7.30. The molecule has 0 bridgehead atoms. The SMILES string of the molecule is CCOCCCn1c(SCc2nc3sc(C)c(C)c3c(=O)[nH]2)nnc1-c1ccc(Cl)cc1. The molecule has 0 aliphatic heterocycles. The van der Waals surface area contributed by atoms with Crippen LogP contribution in [0.5, 0.6) is 0 Å². The van der Waals surface area contributed by atoms with E-state index in [-0.39, 0.29) is 5.56 Å². The van der Waals surface area contributed by atoms with Gasteiger partial charge in [0, 0.05) is 35.2 Å². The number of hydrogen-bond acceptors (Lipinski definition) is 7. The van der Waals surface area contributed by atoms with Gasteiger partial charge >= 0.3 is 0 Å². The second-order valence-electron chi connectivity index (χ2n) is 7.28. The van der Waals surface area contributed by atoms with Crippen molar-refractivity contribution in [1.29, 1.82) is 0 Å². The summed E-state index contributed by atoms with van der Waals surface area (Å²) in [6.45, 7) is 8.04. The van der Waals surface area contributed by atoms with Gasteiger partial charge in [-0.15, -0.1) is 21.5 Å². The smallest absolute Gasteiger partial charge is 0.259 e. The minimum atomic E-state index is -0.0903. The van der Waals surface area contributed by atoms with Crippen LogP contribution in [0.3, 0.4) is 0 Å². The number of H-pyrrole nitrogens is 1. The zero-order valence-electron chi connectivity index (χ0n) is 18.1. The quantitative estimate of drug-likeness (QED) is 0.256. The number of aryl methyl sites for hydroxylation is 2. The van der Waals surface area contributed by atoms with Crippen molar-refractivity contribution in [3.05, 3.63) is 55.9 Å². The van der Waals surface area contributed by atoms with E-state index < -0.39 is 0 Å². The predicted molar refractivity (Wildman–Crippen MR) is 131 cm³/mol. The summed E-state index contributed by atoms with van der Waals surface area (Å²) in [5.41, 5.74) is 1.86. The number of rotatable bonds is 9. The first-order chi connectivity index (χ1) is 15.5. The molecule has 3 heterocycles. The second kappa shape index (κ2) is 10.2. The Bertz CT molecular complexity index is 1280. The molecule has 0 aliphatic rings. The molecular formula is C22H24ClN5O2S2. The number of nitrogens with zero attached hydrogens (tertiary/aromatic N) is 4. The maximum absolute atomic E-state index is 12.6. The lowest BCUT2D eigenvalue weighted by molar-refractivity contribution is 0.141. The highest BCUT2D eigenvalue weighted by Crippen LogP contribution is 2.29. The largest absolute Gasteiger partial charge is 0.382 e. The molecule has 0 aliphatic carbocycles. The number of thioether (sulfide) groups is 1. The zero-order chi connectivity index (χ0) is 22.7. The van der Waals surface area contributed by atoms with Crippen molar-refractivity contribution in [1.82, 2.24) is 24.7 Å². The second-order valence-corrected chi connectivity index (χ2v) is 9.86. The highest BCUT2D eigenvalue weighted by molar-refractivity contribution is 7.98. The van der Waals surface area contributed by atoms with Gasteiger partial charge in [-0.2, -0.15) is 0 Å². The number of benzene rings is 1. The van der Waals surface area contributed by atoms with Crippen molar-refractivity contribution < 1.29 is 4.74 Å². The van der Waals surface area contributed by atoms with Gasteiger partial charge in [-0.25, -0.2) is 4.98 Å². The van der Waals surface area contributed by atoms with Gasteiger partial charge in [0.15, 0.2) is 11.0 Å². The van der Waals surface area contributed by atoms with Crippen molar-refractivity contribution in [3.8, 4) is 11.4 Å². The van der Waals surface area contributed by atoms with Crippen LogP contribution in [-0.2, 0) is 17.0 Å². The molecule has 0 spiro atoms. The first-order valence-corrected chi connectivity index (χ1v) is 12.5. The fourth-order valence-electron chi connectivity index (χ4n) is 3.38. The number of aromatic nitrogens is 5. The Balaban J connectivity index is 1.59. The third-order valence-electron chi connectivity index (χ3n) is 5.12. The third kappa shape index (κ3) is 4.91. The summed E-state index contributed by atoms with van der Waals surface area (Å²) in [7, 11) is 0. The van der Waals surface area contributed by atoms with Gasteiger partial charge in [0.05, 0.1) is 11.1 Å². The molecule has 0 saturated carbocycles. The molecule has 32 heavy (non-hydrogen) atoms. The Morgan fingerprint density at radius 1 is 1.22 bits per heavy atom. The average molecular weight is 490 g/mol. The van der Waals surface area contributed by atoms with E-state index in [2.05, 4.69) is 24.7 Å². The summed E-state index contributed by atoms with van der Waals surface area (Å²) >= 11 is 9.10. The van der Waals surface area contributed by atoms with Crippen LogP contribution < -0.4 is 5.56 Å². The Morgan fingerprint density at radius 2 is 2.00 bits per heavy atom. The van der Waals surface area contributed by atoms with Crippen LogP contribution >= 0.6 is 34.7 Å². The standard InChI is InChI=1S/C22H24ClN5O2S2/c1-4-30-11-5-10-28-19(15-6-8-16(23)9-7-15)26-27-22(28)31-12-17-24-20(29)18-13(2)14(3)32-21(18)25-17/h6-9H,4-5,10-12H2,1-3H3,(H,24,25,29). The maximum atomic E-state index is 12.6. The topological polar surface area (TPSA) is 85.7 Å². The molecule has 1 N–H and O–H groups in total. The van der Waals surface area contributed by atoms with Crippen molar-refractivity contribution >= 4 is 44.9 Å². The number of aromatic amines is 1. The van der Waals surface area contributed by atoms with Gasteiger partial charge in [-0.3, -0.25) is 4.79 Å². The van der Waals surface area contributed by atoms with Crippen LogP contribution in [0.4, 0.5) is 0 Å². The molecule has 0 unspecified atom stereocenters. The van der Waals surface area contributed by atoms with E-state index in [1.807, 2.05) is 45.0 Å². The molecule has 7 nitrogen and oxygen atoms in total. The molecule has 4 rings (SSSR count). The van der Waals surface area contributed by atoms with E-state index in [1.165, 1.54) is 11.8 Å². The first kappa shape index (κ1) is 23.0. The number of thiophene rings is 1. The fourth-order valence-corrected chi connectivity index (χ4v) is 5.39. The predicted octanol–water partition coefficient (Wildman–Crippen LogP) is 5.23. The number of fused-ring (bicyclic) bond motifs is 1. The summed E-state index contributed by atoms with van der Waals surface area (Å²) in [6, 6.07) is 7.57. The minimum absolute atomic E-state index is 0.0903. The van der Waals surface area contributed by atoms with Crippen molar-refractivity contribution in [2.24, 2.45) is 0 Å². The lowest BCUT2D eigenvalue weighted by atomic mass is 10.2. The molecule has 168 valence electrons. The Hall–Kier alpha value is -2.20. The lowest BCUT2D eigenvalue weighted by Gasteiger charge is -2.10. The van der Waals surface area contributed by atoms with Crippen molar-refractivity contribution in [2.75, 3.05) is 13.2 Å². The Labute approximate surface area is 199 Å². The van der Waals surface area contributed by atoms with Crippen molar-refractivity contribution in [2.45, 2.75) is 44.6 Å². The summed E-state index contributed by atoms with van der Waals surface area (Å²) < 4.78 is 7.59. The molecule has 0 atom stereocenters. The molecule has 0 fully saturated rings. The van der Waals surface area contributed by atoms with Gasteiger partial charge in [0.2, 0.25) is 0 Å². The molecule has 3 aromatic heterocycles. The van der Waals surface area contributed by atoms with E-state index in [0.717, 1.165) is 44.8 Å². The Morgan fingerprint density at radius 3 is 2.75 bits per heavy atom. The zero-order valence-corrected chi connectivity index (χ0v) is 20.5. The van der Waals surface area contributed by atoms with Crippen LogP contribution in [0, 0.1) is 13.8 Å². The first-order valence-electron chi connectivity index (χ1n) is 10.4. The molecule has 0 amide bonds. The monoisotopic (exact) mass is 489 g/mol. The van der Waals surface area contributed by atoms with E-state index >= 15 is 0 Å². The van der Waals surface area contributed by atoms with E-state index in [0.29, 0.717) is 35.2 Å². The maximum Gasteiger partial charge on any atom is 0.259 e. The molecule has 0 radical (unpaired) electrons. The lowest BCUT2D eigenvalue weighted by Crippen LogP contribution is -2.11. The summed E-state index contributed by atoms with van der Waals surface area (Å²) in [6.07, 6.45) is 0.842.